The largest absolute Gasteiger partial charge is 0.492 e. The Kier molecular flexibility index (Phi) is 4.69. The van der Waals surface area contributed by atoms with Crippen LogP contribution in [0.15, 0.2) is 60.7 Å². The number of nitrogens with zero attached hydrogens (tertiary/aromatic N) is 2. The predicted octanol–water partition coefficient (Wildman–Crippen LogP) is 4.74. The molecule has 4 heterocycles. The fourth-order valence-electron chi connectivity index (χ4n) is 6.09. The molecule has 0 bridgehead atoms. The van der Waals surface area contributed by atoms with E-state index in [0.29, 0.717) is 6.61 Å². The smallest absolute Gasteiger partial charge is 0.253 e. The summed E-state index contributed by atoms with van der Waals surface area (Å²) in [4.78, 5) is 17.3. The van der Waals surface area contributed by atoms with Crippen LogP contribution in [-0.2, 0) is 12.0 Å². The Morgan fingerprint density at radius 2 is 1.60 bits per heavy atom. The molecule has 0 saturated carbocycles. The molecule has 0 aromatic heterocycles. The lowest BCUT2D eigenvalue weighted by Crippen LogP contribution is -2.36. The highest BCUT2D eigenvalue weighted by Crippen LogP contribution is 2.54. The fourth-order valence-corrected chi connectivity index (χ4v) is 6.09. The topological polar surface area (TPSA) is 51.2 Å². The fraction of sp³-hybridized carbons (Fsp3) is 0.345. The minimum absolute atomic E-state index is 0.153. The summed E-state index contributed by atoms with van der Waals surface area (Å²) in [5.41, 5.74) is 5.42. The van der Waals surface area contributed by atoms with Crippen molar-refractivity contribution in [2.75, 3.05) is 37.9 Å². The molecule has 6 heteroatoms. The molecular weight excluding hydrogens is 440 g/mol. The van der Waals surface area contributed by atoms with Crippen LogP contribution in [0.4, 0.5) is 5.69 Å². The molecule has 0 N–H and O–H groups in total. The van der Waals surface area contributed by atoms with Gasteiger partial charge in [0.05, 0.1) is 5.41 Å². The van der Waals surface area contributed by atoms with Crippen LogP contribution in [0.3, 0.4) is 0 Å². The second-order valence-electron chi connectivity index (χ2n) is 10.00. The van der Waals surface area contributed by atoms with E-state index >= 15 is 0 Å². The summed E-state index contributed by atoms with van der Waals surface area (Å²) >= 11 is 0. The van der Waals surface area contributed by atoms with Crippen LogP contribution in [0.1, 0.15) is 46.3 Å². The van der Waals surface area contributed by atoms with Gasteiger partial charge in [0.1, 0.15) is 12.4 Å². The van der Waals surface area contributed by atoms with E-state index in [1.165, 1.54) is 28.8 Å². The van der Waals surface area contributed by atoms with Crippen LogP contribution in [-0.4, -0.2) is 43.8 Å². The van der Waals surface area contributed by atoms with Gasteiger partial charge >= 0.3 is 0 Å². The second-order valence-corrected chi connectivity index (χ2v) is 10.00. The maximum atomic E-state index is 12.9. The molecule has 3 aromatic rings. The molecule has 0 radical (unpaired) electrons. The number of carbonyl (C=O) groups is 1. The average molecular weight is 469 g/mol. The highest BCUT2D eigenvalue weighted by molar-refractivity contribution is 5.94. The SMILES string of the molecule is O=C(c1ccc(CN2CC3(COc4cc5c(cc43)OCO5)c3ccccc32)cc1)N1CCCCC1. The zero-order valence-corrected chi connectivity index (χ0v) is 19.7. The summed E-state index contributed by atoms with van der Waals surface area (Å²) in [7, 11) is 0. The van der Waals surface area contributed by atoms with Gasteiger partial charge in [-0.3, -0.25) is 4.79 Å². The molecule has 4 aliphatic rings. The van der Waals surface area contributed by atoms with Crippen LogP contribution in [0.25, 0.3) is 0 Å². The first-order valence-electron chi connectivity index (χ1n) is 12.5. The number of para-hydroxylation sites is 1. The molecule has 1 fully saturated rings. The Morgan fingerprint density at radius 3 is 2.43 bits per heavy atom. The number of hydrogen-bond acceptors (Lipinski definition) is 5. The standard InChI is InChI=1S/C29H28N2O4/c32-28(30-12-4-1-5-13-30)21-10-8-20(9-11-21)16-31-17-29(22-6-2-3-7-24(22)31)18-33-25-15-27-26(14-23(25)29)34-19-35-27/h2-3,6-11,14-15H,1,4-5,12-13,16-19H2. The molecule has 6 nitrogen and oxygen atoms in total. The van der Waals surface area contributed by atoms with Crippen molar-refractivity contribution in [1.82, 2.24) is 4.90 Å². The number of carbonyl (C=O) groups excluding carboxylic acids is 1. The number of ether oxygens (including phenoxy) is 3. The lowest BCUT2D eigenvalue weighted by Gasteiger charge is -2.27. The van der Waals surface area contributed by atoms with Crippen molar-refractivity contribution >= 4 is 11.6 Å². The summed E-state index contributed by atoms with van der Waals surface area (Å²) in [6, 6.07) is 20.9. The maximum absolute atomic E-state index is 12.9. The van der Waals surface area contributed by atoms with E-state index < -0.39 is 0 Å². The van der Waals surface area contributed by atoms with Crippen molar-refractivity contribution in [3.05, 3.63) is 82.9 Å². The molecule has 1 spiro atoms. The van der Waals surface area contributed by atoms with Crippen molar-refractivity contribution in [3.8, 4) is 17.2 Å². The van der Waals surface area contributed by atoms with Crippen molar-refractivity contribution in [2.24, 2.45) is 0 Å². The summed E-state index contributed by atoms with van der Waals surface area (Å²) in [5.74, 6) is 2.58. The van der Waals surface area contributed by atoms with Crippen molar-refractivity contribution in [2.45, 2.75) is 31.2 Å². The molecule has 178 valence electrons. The van der Waals surface area contributed by atoms with Crippen LogP contribution in [0.2, 0.25) is 0 Å². The zero-order chi connectivity index (χ0) is 23.4. The Labute approximate surface area is 205 Å². The van der Waals surface area contributed by atoms with Gasteiger partial charge in [0.2, 0.25) is 6.79 Å². The highest BCUT2D eigenvalue weighted by Gasteiger charge is 2.50. The number of benzene rings is 3. The Hall–Kier alpha value is -3.67. The number of anilines is 1. The van der Waals surface area contributed by atoms with Gasteiger partial charge in [-0.25, -0.2) is 0 Å². The van der Waals surface area contributed by atoms with E-state index in [-0.39, 0.29) is 18.1 Å². The molecule has 1 unspecified atom stereocenters. The molecule has 1 saturated heterocycles. The molecule has 3 aromatic carbocycles. The third-order valence-corrected chi connectivity index (χ3v) is 7.90. The summed E-state index contributed by atoms with van der Waals surface area (Å²) < 4.78 is 17.5. The third kappa shape index (κ3) is 3.27. The Morgan fingerprint density at radius 1 is 0.829 bits per heavy atom. The van der Waals surface area contributed by atoms with Gasteiger partial charge in [0.25, 0.3) is 5.91 Å². The van der Waals surface area contributed by atoms with Gasteiger partial charge < -0.3 is 24.0 Å². The Bertz CT molecular complexity index is 1300. The first kappa shape index (κ1) is 20.7. The van der Waals surface area contributed by atoms with E-state index in [2.05, 4.69) is 47.4 Å². The van der Waals surface area contributed by atoms with Gasteiger partial charge in [0, 0.05) is 49.1 Å². The van der Waals surface area contributed by atoms with Crippen molar-refractivity contribution < 1.29 is 19.0 Å². The minimum Gasteiger partial charge on any atom is -0.492 e. The number of hydrogen-bond donors (Lipinski definition) is 0. The average Bonchev–Trinajstić information content (AvgIpc) is 3.60. The van der Waals surface area contributed by atoms with Crippen molar-refractivity contribution in [3.63, 3.8) is 0 Å². The van der Waals surface area contributed by atoms with Gasteiger partial charge in [-0.15, -0.1) is 0 Å². The van der Waals surface area contributed by atoms with Gasteiger partial charge in [-0.05, 0) is 54.7 Å². The second kappa shape index (κ2) is 7.94. The summed E-state index contributed by atoms with van der Waals surface area (Å²) in [6.45, 7) is 4.20. The van der Waals surface area contributed by atoms with Gasteiger partial charge in [-0.1, -0.05) is 30.3 Å². The number of rotatable bonds is 3. The molecule has 4 aliphatic heterocycles. The normalized spacial score (nSPS) is 21.7. The van der Waals surface area contributed by atoms with Gasteiger partial charge in [0.15, 0.2) is 11.5 Å². The zero-order valence-electron chi connectivity index (χ0n) is 19.7. The number of likely N-dealkylation sites (tertiary alicyclic amines) is 1. The van der Waals surface area contributed by atoms with Crippen LogP contribution in [0, 0.1) is 0 Å². The summed E-state index contributed by atoms with van der Waals surface area (Å²) in [5, 5.41) is 0. The first-order valence-corrected chi connectivity index (χ1v) is 12.5. The predicted molar refractivity (Wildman–Crippen MR) is 133 cm³/mol. The molecule has 35 heavy (non-hydrogen) atoms. The van der Waals surface area contributed by atoms with E-state index in [9.17, 15) is 4.79 Å². The molecule has 7 rings (SSSR count). The molecule has 0 aliphatic carbocycles. The monoisotopic (exact) mass is 468 g/mol. The van der Waals surface area contributed by atoms with E-state index in [0.717, 1.165) is 61.8 Å². The molecular formula is C29H28N2O4. The van der Waals surface area contributed by atoms with Crippen LogP contribution < -0.4 is 19.1 Å². The lowest BCUT2D eigenvalue weighted by atomic mass is 9.77. The minimum atomic E-state index is -0.239. The number of piperidine rings is 1. The van der Waals surface area contributed by atoms with Crippen LogP contribution >= 0.6 is 0 Å². The number of amides is 1. The van der Waals surface area contributed by atoms with Crippen molar-refractivity contribution in [1.29, 1.82) is 0 Å². The molecule has 1 atom stereocenters. The van der Waals surface area contributed by atoms with Gasteiger partial charge in [-0.2, -0.15) is 0 Å². The quantitative estimate of drug-likeness (QED) is 0.556. The maximum Gasteiger partial charge on any atom is 0.253 e. The first-order chi connectivity index (χ1) is 17.2. The lowest BCUT2D eigenvalue weighted by molar-refractivity contribution is 0.0724. The van der Waals surface area contributed by atoms with E-state index in [1.807, 2.05) is 23.1 Å². The van der Waals surface area contributed by atoms with E-state index in [1.54, 1.807) is 0 Å². The third-order valence-electron chi connectivity index (χ3n) is 7.90. The van der Waals surface area contributed by atoms with E-state index in [4.69, 9.17) is 14.2 Å². The highest BCUT2D eigenvalue weighted by atomic mass is 16.7. The number of fused-ring (bicyclic) bond motifs is 5. The summed E-state index contributed by atoms with van der Waals surface area (Å²) in [6.07, 6.45) is 3.43. The molecule has 1 amide bonds. The van der Waals surface area contributed by atoms with Crippen LogP contribution in [0.5, 0.6) is 17.2 Å². The Balaban J connectivity index is 1.16.